The fourth-order valence-electron chi connectivity index (χ4n) is 7.62. The molecule has 1 spiro atoms. The number of nitro groups is 1. The first-order valence-electron chi connectivity index (χ1n) is 16.1. The smallest absolute Gasteiger partial charge is 0.269 e. The average Bonchev–Trinajstić information content (AvgIpc) is 3.46. The van der Waals surface area contributed by atoms with Crippen LogP contribution in [-0.2, 0) is 37.8 Å². The number of ether oxygens (including phenoxy) is 1. The van der Waals surface area contributed by atoms with Crippen molar-refractivity contribution in [2.24, 2.45) is 5.92 Å². The second-order valence-corrected chi connectivity index (χ2v) is 17.1. The lowest BCUT2D eigenvalue weighted by atomic mass is 9.82. The third-order valence-electron chi connectivity index (χ3n) is 9.88. The fourth-order valence-corrected chi connectivity index (χ4v) is 10.1. The van der Waals surface area contributed by atoms with Gasteiger partial charge in [0.05, 0.1) is 36.3 Å². The average molecular weight is 675 g/mol. The summed E-state index contributed by atoms with van der Waals surface area (Å²) in [5, 5.41) is 21.7. The van der Waals surface area contributed by atoms with Crippen molar-refractivity contribution in [3.8, 4) is 0 Å². The van der Waals surface area contributed by atoms with Crippen LogP contribution in [0.2, 0.25) is 18.6 Å². The zero-order chi connectivity index (χ0) is 34.4. The molecule has 3 heterocycles. The summed E-state index contributed by atoms with van der Waals surface area (Å²) in [4.78, 5) is 56.7. The van der Waals surface area contributed by atoms with Gasteiger partial charge in [-0.25, -0.2) is 0 Å². The Balaban J connectivity index is 1.37. The van der Waals surface area contributed by atoms with Gasteiger partial charge in [-0.3, -0.25) is 24.5 Å². The lowest BCUT2D eigenvalue weighted by Crippen LogP contribution is -2.45. The molecule has 3 aromatic rings. The fraction of sp³-hybridized carbons (Fsp3) is 0.400. The van der Waals surface area contributed by atoms with Gasteiger partial charge in [0.25, 0.3) is 11.6 Å². The molecule has 3 aliphatic rings. The highest BCUT2D eigenvalue weighted by Crippen LogP contribution is 2.60. The first kappa shape index (κ1) is 33.4. The number of nitrogens with zero attached hydrogens (tertiary/aromatic N) is 4. The Kier molecular flexibility index (Phi) is 8.96. The van der Waals surface area contributed by atoms with Crippen molar-refractivity contribution < 1.29 is 33.3 Å². The van der Waals surface area contributed by atoms with Gasteiger partial charge in [0.2, 0.25) is 20.2 Å². The minimum absolute atomic E-state index is 0.0140. The van der Waals surface area contributed by atoms with Crippen LogP contribution in [0.3, 0.4) is 0 Å². The minimum Gasteiger partial charge on any atom is -0.395 e. The summed E-state index contributed by atoms with van der Waals surface area (Å²) in [5.41, 5.74) is 0.199. The molecule has 1 N–H and O–H groups in total. The highest BCUT2D eigenvalue weighted by atomic mass is 28.4. The van der Waals surface area contributed by atoms with Crippen molar-refractivity contribution in [3.05, 3.63) is 99.6 Å². The minimum atomic E-state index is -3.63. The van der Waals surface area contributed by atoms with Crippen LogP contribution in [0.15, 0.2) is 72.8 Å². The second-order valence-electron chi connectivity index (χ2n) is 13.3. The molecule has 4 atom stereocenters. The molecule has 3 aliphatic heterocycles. The van der Waals surface area contributed by atoms with Crippen molar-refractivity contribution in [2.45, 2.75) is 63.2 Å². The number of benzene rings is 3. The van der Waals surface area contributed by atoms with Crippen molar-refractivity contribution in [3.63, 3.8) is 0 Å². The molecular weight excluding hydrogens is 635 g/mol. The summed E-state index contributed by atoms with van der Waals surface area (Å²) < 4.78 is 23.0. The van der Waals surface area contributed by atoms with Gasteiger partial charge >= 0.3 is 0 Å². The Morgan fingerprint density at radius 3 is 2.46 bits per heavy atom. The molecule has 48 heavy (non-hydrogen) atoms. The van der Waals surface area contributed by atoms with Crippen molar-refractivity contribution >= 4 is 43.2 Å². The number of carbonyl (C=O) groups is 3. The third-order valence-corrected chi connectivity index (χ3v) is 12.3. The Morgan fingerprint density at radius 1 is 1.10 bits per heavy atom. The molecule has 0 radical (unpaired) electrons. The number of rotatable bonds is 11. The molecule has 11 nitrogen and oxygen atoms in total. The van der Waals surface area contributed by atoms with Crippen LogP contribution in [0.1, 0.15) is 36.5 Å². The van der Waals surface area contributed by atoms with Crippen LogP contribution in [0.25, 0.3) is 0 Å². The van der Waals surface area contributed by atoms with Gasteiger partial charge < -0.3 is 28.7 Å². The molecule has 2 saturated heterocycles. The van der Waals surface area contributed by atoms with Gasteiger partial charge in [-0.05, 0) is 42.4 Å². The van der Waals surface area contributed by atoms with Crippen LogP contribution in [0, 0.1) is 16.0 Å². The molecule has 0 aromatic heterocycles. The number of aliphatic hydroxyl groups is 1. The SMILES string of the molecule is C[C@@H]1[C@@H]([Si](C)(C)F)[C@H](CC(=O)N(CCO)Cc2ccccc2)O[C@@]12C(=O)N(Cc1cccc(N3CCC3=O)c1)c1ccc([N+](=O)[O-])cc12. The van der Waals surface area contributed by atoms with E-state index >= 15 is 4.11 Å². The highest BCUT2D eigenvalue weighted by molar-refractivity contribution is 6.72. The standard InChI is InChI=1S/C35H39FN4O7Si/c1-23-33(48(2,3)36)30(20-32(43)37(16-17-41)21-24-8-5-4-6-9-24)47-35(23)28-19-27(40(45)46)12-13-29(28)39(34(35)44)22-25-10-7-11-26(18-25)38-15-14-31(38)42/h4-13,18-19,23,30,33,41H,14-17,20-22H2,1-3H3/t23-,30+,33-,35+/m1/s1. The lowest BCUT2D eigenvalue weighted by Gasteiger charge is -2.32. The maximum atomic E-state index is 16.4. The van der Waals surface area contributed by atoms with Crippen LogP contribution >= 0.6 is 0 Å². The monoisotopic (exact) mass is 674 g/mol. The lowest BCUT2D eigenvalue weighted by molar-refractivity contribution is -0.385. The van der Waals surface area contributed by atoms with E-state index in [0.29, 0.717) is 24.3 Å². The zero-order valence-electron chi connectivity index (χ0n) is 27.2. The quantitative estimate of drug-likeness (QED) is 0.0988. The number of anilines is 2. The van der Waals surface area contributed by atoms with Crippen LogP contribution in [-0.4, -0.2) is 66.9 Å². The van der Waals surface area contributed by atoms with E-state index in [-0.39, 0.29) is 55.7 Å². The molecule has 252 valence electrons. The Hall–Kier alpha value is -4.46. The van der Waals surface area contributed by atoms with E-state index in [1.807, 2.05) is 48.5 Å². The summed E-state index contributed by atoms with van der Waals surface area (Å²) in [6, 6.07) is 20.8. The normalized spacial score (nSPS) is 23.4. The predicted octanol–water partition coefficient (Wildman–Crippen LogP) is 5.06. The van der Waals surface area contributed by atoms with E-state index in [1.165, 1.54) is 41.1 Å². The molecule has 0 aliphatic carbocycles. The van der Waals surface area contributed by atoms with Gasteiger partial charge in [0.1, 0.15) is 0 Å². The third kappa shape index (κ3) is 5.90. The zero-order valence-corrected chi connectivity index (χ0v) is 28.2. The number of amides is 3. The van der Waals surface area contributed by atoms with Gasteiger partial charge in [0, 0.05) is 60.9 Å². The van der Waals surface area contributed by atoms with E-state index < -0.39 is 42.4 Å². The summed E-state index contributed by atoms with van der Waals surface area (Å²) in [6.07, 6.45) is -0.747. The van der Waals surface area contributed by atoms with Crippen molar-refractivity contribution in [1.29, 1.82) is 0 Å². The molecule has 2 fully saturated rings. The Bertz CT molecular complexity index is 1750. The number of β-lactam (4-membered cyclic amide) rings is 1. The molecule has 3 amide bonds. The maximum absolute atomic E-state index is 16.4. The molecular formula is C35H39FN4O7Si. The predicted molar refractivity (Wildman–Crippen MR) is 179 cm³/mol. The topological polar surface area (TPSA) is 134 Å². The number of hydrogen-bond acceptors (Lipinski definition) is 7. The largest absolute Gasteiger partial charge is 0.395 e. The van der Waals surface area contributed by atoms with Crippen LogP contribution < -0.4 is 9.80 Å². The summed E-state index contributed by atoms with van der Waals surface area (Å²) in [7, 11) is -3.63. The second kappa shape index (κ2) is 12.9. The molecule has 0 unspecified atom stereocenters. The van der Waals surface area contributed by atoms with Gasteiger partial charge in [0.15, 0.2) is 5.60 Å². The molecule has 0 bridgehead atoms. The summed E-state index contributed by atoms with van der Waals surface area (Å²) >= 11 is 0. The molecule has 13 heteroatoms. The number of nitro benzene ring substituents is 1. The maximum Gasteiger partial charge on any atom is 0.269 e. The van der Waals surface area contributed by atoms with Crippen molar-refractivity contribution in [2.75, 3.05) is 29.5 Å². The number of halogens is 1. The number of hydrogen-bond donors (Lipinski definition) is 1. The highest BCUT2D eigenvalue weighted by Gasteiger charge is 2.67. The number of fused-ring (bicyclic) bond motifs is 2. The van der Waals surface area contributed by atoms with Gasteiger partial charge in [-0.2, -0.15) is 0 Å². The van der Waals surface area contributed by atoms with E-state index in [1.54, 1.807) is 17.9 Å². The van der Waals surface area contributed by atoms with Gasteiger partial charge in [-0.1, -0.05) is 49.4 Å². The van der Waals surface area contributed by atoms with E-state index in [0.717, 1.165) is 11.1 Å². The summed E-state index contributed by atoms with van der Waals surface area (Å²) in [6.45, 7) is 5.51. The number of non-ortho nitro benzene ring substituents is 1. The molecule has 0 saturated carbocycles. The Labute approximate surface area is 279 Å². The molecule has 3 aromatic carbocycles. The first-order valence-corrected chi connectivity index (χ1v) is 19.1. The van der Waals surface area contributed by atoms with Crippen LogP contribution in [0.4, 0.5) is 21.2 Å². The first-order chi connectivity index (χ1) is 22.8. The summed E-state index contributed by atoms with van der Waals surface area (Å²) in [5.74, 6) is -1.58. The Morgan fingerprint density at radius 2 is 1.83 bits per heavy atom. The van der Waals surface area contributed by atoms with E-state index in [2.05, 4.69) is 0 Å². The van der Waals surface area contributed by atoms with E-state index in [4.69, 9.17) is 4.74 Å². The van der Waals surface area contributed by atoms with Crippen LogP contribution in [0.5, 0.6) is 0 Å². The van der Waals surface area contributed by atoms with E-state index in [9.17, 15) is 29.6 Å². The number of carbonyl (C=O) groups excluding carboxylic acids is 3. The van der Waals surface area contributed by atoms with Gasteiger partial charge in [-0.15, -0.1) is 0 Å². The number of aliphatic hydroxyl groups excluding tert-OH is 1. The van der Waals surface area contributed by atoms with Crippen molar-refractivity contribution in [1.82, 2.24) is 4.90 Å². The molecule has 6 rings (SSSR count).